The number of hydrogen-bond donors (Lipinski definition) is 1. The molecule has 1 saturated heterocycles. The predicted octanol–water partition coefficient (Wildman–Crippen LogP) is 4.14. The largest absolute Gasteiger partial charge is 0.495 e. The quantitative estimate of drug-likeness (QED) is 0.702. The third kappa shape index (κ3) is 5.29. The van der Waals surface area contributed by atoms with Gasteiger partial charge < -0.3 is 10.1 Å². The zero-order valence-electron chi connectivity index (χ0n) is 17.6. The fourth-order valence-electron chi connectivity index (χ4n) is 3.65. The van der Waals surface area contributed by atoms with Crippen molar-refractivity contribution in [1.29, 1.82) is 0 Å². The number of anilines is 1. The molecule has 0 saturated carbocycles. The summed E-state index contributed by atoms with van der Waals surface area (Å²) in [6, 6.07) is 10.7. The van der Waals surface area contributed by atoms with Gasteiger partial charge in [-0.15, -0.1) is 0 Å². The van der Waals surface area contributed by atoms with Crippen molar-refractivity contribution >= 4 is 27.7 Å². The van der Waals surface area contributed by atoms with Crippen molar-refractivity contribution in [3.8, 4) is 5.75 Å². The first kappa shape index (κ1) is 22.1. The number of ether oxygens (including phenoxy) is 1. The third-order valence-electron chi connectivity index (χ3n) is 5.04. The van der Waals surface area contributed by atoms with Crippen LogP contribution < -0.4 is 10.1 Å². The molecule has 0 aromatic heterocycles. The zero-order chi connectivity index (χ0) is 21.7. The molecule has 1 aliphatic heterocycles. The lowest BCUT2D eigenvalue weighted by molar-refractivity contribution is -0.111. The summed E-state index contributed by atoms with van der Waals surface area (Å²) in [4.78, 5) is 12.4. The van der Waals surface area contributed by atoms with Crippen LogP contribution in [0.1, 0.15) is 36.0 Å². The highest BCUT2D eigenvalue weighted by Crippen LogP contribution is 2.30. The summed E-state index contributed by atoms with van der Waals surface area (Å²) in [5, 5.41) is 2.84. The van der Waals surface area contributed by atoms with Crippen LogP contribution in [0.3, 0.4) is 0 Å². The van der Waals surface area contributed by atoms with Gasteiger partial charge in [0.25, 0.3) is 0 Å². The van der Waals surface area contributed by atoms with Crippen molar-refractivity contribution in [2.75, 3.05) is 25.5 Å². The van der Waals surface area contributed by atoms with Gasteiger partial charge in [-0.25, -0.2) is 8.42 Å². The van der Waals surface area contributed by atoms with E-state index in [1.807, 2.05) is 32.0 Å². The van der Waals surface area contributed by atoms with Crippen molar-refractivity contribution in [1.82, 2.24) is 4.31 Å². The van der Waals surface area contributed by atoms with Crippen LogP contribution in [0.15, 0.2) is 47.4 Å². The Morgan fingerprint density at radius 3 is 2.33 bits per heavy atom. The van der Waals surface area contributed by atoms with Crippen LogP contribution >= 0.6 is 0 Å². The van der Waals surface area contributed by atoms with Gasteiger partial charge in [0.1, 0.15) is 10.6 Å². The maximum Gasteiger partial charge on any atom is 0.248 e. The molecule has 160 valence electrons. The summed E-state index contributed by atoms with van der Waals surface area (Å²) < 4.78 is 33.0. The molecule has 1 N–H and O–H groups in total. The minimum Gasteiger partial charge on any atom is -0.495 e. The summed E-state index contributed by atoms with van der Waals surface area (Å²) in [6.07, 6.45) is 5.77. The molecule has 1 fully saturated rings. The van der Waals surface area contributed by atoms with Gasteiger partial charge in [-0.1, -0.05) is 18.6 Å². The van der Waals surface area contributed by atoms with Gasteiger partial charge in [-0.05, 0) is 73.7 Å². The summed E-state index contributed by atoms with van der Waals surface area (Å²) in [6.45, 7) is 4.98. The maximum absolute atomic E-state index is 13.1. The first-order chi connectivity index (χ1) is 14.3. The van der Waals surface area contributed by atoms with Gasteiger partial charge in [-0.2, -0.15) is 4.31 Å². The Labute approximate surface area is 178 Å². The van der Waals surface area contributed by atoms with Gasteiger partial charge in [0.15, 0.2) is 0 Å². The summed E-state index contributed by atoms with van der Waals surface area (Å²) in [5.41, 5.74) is 3.47. The smallest absolute Gasteiger partial charge is 0.248 e. The van der Waals surface area contributed by atoms with E-state index in [1.54, 1.807) is 24.3 Å². The lowest BCUT2D eigenvalue weighted by atomic mass is 10.1. The molecule has 1 amide bonds. The Hall–Kier alpha value is -2.64. The molecule has 0 unspecified atom stereocenters. The number of nitrogens with zero attached hydrogens (tertiary/aromatic N) is 1. The number of piperidine rings is 1. The number of nitrogens with one attached hydrogen (secondary N) is 1. The normalized spacial score (nSPS) is 15.3. The number of rotatable bonds is 6. The monoisotopic (exact) mass is 428 g/mol. The fraction of sp³-hybridized carbons (Fsp3) is 0.348. The fourth-order valence-corrected chi connectivity index (χ4v) is 5.35. The van der Waals surface area contributed by atoms with E-state index < -0.39 is 10.0 Å². The molecular weight excluding hydrogens is 400 g/mol. The van der Waals surface area contributed by atoms with Crippen molar-refractivity contribution in [2.45, 2.75) is 38.0 Å². The average Bonchev–Trinajstić information content (AvgIpc) is 2.72. The number of aryl methyl sites for hydroxylation is 2. The Balaban J connectivity index is 1.81. The molecule has 1 heterocycles. The van der Waals surface area contributed by atoms with E-state index in [1.165, 1.54) is 17.5 Å². The highest BCUT2D eigenvalue weighted by Gasteiger charge is 2.28. The highest BCUT2D eigenvalue weighted by molar-refractivity contribution is 7.89. The second-order valence-electron chi connectivity index (χ2n) is 7.57. The standard InChI is InChI=1S/C23H28N2O4S/c1-17-13-18(2)15-20(14-17)24-23(26)10-8-19-7-9-21(29-3)22(16-19)30(27,28)25-11-5-4-6-12-25/h7-10,13-16H,4-6,11-12H2,1-3H3,(H,24,26)/b10-8+. The van der Waals surface area contributed by atoms with E-state index in [2.05, 4.69) is 5.32 Å². The Kier molecular flexibility index (Phi) is 6.95. The summed E-state index contributed by atoms with van der Waals surface area (Å²) in [7, 11) is -2.19. The van der Waals surface area contributed by atoms with Crippen LogP contribution in [0.4, 0.5) is 5.69 Å². The van der Waals surface area contributed by atoms with Gasteiger partial charge in [-0.3, -0.25) is 4.79 Å². The third-order valence-corrected chi connectivity index (χ3v) is 6.96. The van der Waals surface area contributed by atoms with E-state index in [4.69, 9.17) is 4.74 Å². The number of methoxy groups -OCH3 is 1. The van der Waals surface area contributed by atoms with Crippen LogP contribution in [0.5, 0.6) is 5.75 Å². The summed E-state index contributed by atoms with van der Waals surface area (Å²) >= 11 is 0. The van der Waals surface area contributed by atoms with E-state index in [0.717, 1.165) is 36.1 Å². The molecule has 3 rings (SSSR count). The molecule has 2 aromatic rings. The maximum atomic E-state index is 13.1. The van der Waals surface area contributed by atoms with E-state index in [9.17, 15) is 13.2 Å². The lowest BCUT2D eigenvalue weighted by Gasteiger charge is -2.26. The minimum absolute atomic E-state index is 0.128. The second-order valence-corrected chi connectivity index (χ2v) is 9.48. The SMILES string of the molecule is COc1ccc(/C=C/C(=O)Nc2cc(C)cc(C)c2)cc1S(=O)(=O)N1CCCCC1. The van der Waals surface area contributed by atoms with Crippen LogP contribution in [-0.2, 0) is 14.8 Å². The molecule has 0 spiro atoms. The van der Waals surface area contributed by atoms with Crippen molar-refractivity contribution < 1.29 is 17.9 Å². The summed E-state index contributed by atoms with van der Waals surface area (Å²) in [5.74, 6) is 0.0219. The first-order valence-electron chi connectivity index (χ1n) is 10.0. The minimum atomic E-state index is -3.65. The number of carbonyl (C=O) groups excluding carboxylic acids is 1. The predicted molar refractivity (Wildman–Crippen MR) is 119 cm³/mol. The van der Waals surface area contributed by atoms with E-state index in [0.29, 0.717) is 24.4 Å². The van der Waals surface area contributed by atoms with Crippen LogP contribution in [-0.4, -0.2) is 38.8 Å². The van der Waals surface area contributed by atoms with Gasteiger partial charge in [0.2, 0.25) is 15.9 Å². The Bertz CT molecular complexity index is 1030. The Morgan fingerprint density at radius 1 is 1.03 bits per heavy atom. The molecule has 0 bridgehead atoms. The topological polar surface area (TPSA) is 75.7 Å². The number of amides is 1. The van der Waals surface area contributed by atoms with E-state index in [-0.39, 0.29) is 10.8 Å². The molecule has 7 heteroatoms. The van der Waals surface area contributed by atoms with Gasteiger partial charge in [0.05, 0.1) is 7.11 Å². The lowest BCUT2D eigenvalue weighted by Crippen LogP contribution is -2.35. The molecule has 0 aliphatic carbocycles. The zero-order valence-corrected chi connectivity index (χ0v) is 18.5. The van der Waals surface area contributed by atoms with Gasteiger partial charge in [0, 0.05) is 24.9 Å². The molecule has 30 heavy (non-hydrogen) atoms. The van der Waals surface area contributed by atoms with E-state index >= 15 is 0 Å². The van der Waals surface area contributed by atoms with Gasteiger partial charge >= 0.3 is 0 Å². The molecule has 1 aliphatic rings. The molecule has 2 aromatic carbocycles. The van der Waals surface area contributed by atoms with Crippen LogP contribution in [0, 0.1) is 13.8 Å². The average molecular weight is 429 g/mol. The molecular formula is C23H28N2O4S. The number of sulfonamides is 1. The van der Waals surface area contributed by atoms with Crippen LogP contribution in [0.25, 0.3) is 6.08 Å². The number of benzene rings is 2. The van der Waals surface area contributed by atoms with Crippen LogP contribution in [0.2, 0.25) is 0 Å². The second kappa shape index (κ2) is 9.45. The van der Waals surface area contributed by atoms with Crippen molar-refractivity contribution in [3.63, 3.8) is 0 Å². The van der Waals surface area contributed by atoms with Crippen molar-refractivity contribution in [2.24, 2.45) is 0 Å². The molecule has 0 atom stereocenters. The number of carbonyl (C=O) groups is 1. The highest BCUT2D eigenvalue weighted by atomic mass is 32.2. The number of hydrogen-bond acceptors (Lipinski definition) is 4. The van der Waals surface area contributed by atoms with Crippen molar-refractivity contribution in [3.05, 3.63) is 59.2 Å². The molecule has 0 radical (unpaired) electrons. The first-order valence-corrected chi connectivity index (χ1v) is 11.5. The Morgan fingerprint density at radius 2 is 1.70 bits per heavy atom. The molecule has 6 nitrogen and oxygen atoms in total.